The van der Waals surface area contributed by atoms with Crippen molar-refractivity contribution in [1.29, 1.82) is 0 Å². The molecule has 0 bridgehead atoms. The predicted molar refractivity (Wildman–Crippen MR) is 82.3 cm³/mol. The van der Waals surface area contributed by atoms with E-state index < -0.39 is 9.84 Å². The van der Waals surface area contributed by atoms with E-state index in [4.69, 9.17) is 10.5 Å². The van der Waals surface area contributed by atoms with Crippen molar-refractivity contribution in [1.82, 2.24) is 0 Å². The molecular weight excluding hydrogens is 274 g/mol. The van der Waals surface area contributed by atoms with Gasteiger partial charge < -0.3 is 10.5 Å². The summed E-state index contributed by atoms with van der Waals surface area (Å²) in [5.74, 6) is 0.390. The highest BCUT2D eigenvalue weighted by Gasteiger charge is 2.20. The van der Waals surface area contributed by atoms with Crippen LogP contribution in [0.1, 0.15) is 38.4 Å². The fraction of sp³-hybridized carbons (Fsp3) is 0.600. The Kier molecular flexibility index (Phi) is 7.19. The molecule has 1 rings (SSSR count). The zero-order chi connectivity index (χ0) is 15.0. The second kappa shape index (κ2) is 8.39. The summed E-state index contributed by atoms with van der Waals surface area (Å²) in [5, 5.41) is 0. The van der Waals surface area contributed by atoms with Gasteiger partial charge in [0.25, 0.3) is 0 Å². The van der Waals surface area contributed by atoms with E-state index in [0.29, 0.717) is 19.4 Å². The molecule has 2 unspecified atom stereocenters. The zero-order valence-corrected chi connectivity index (χ0v) is 13.1. The van der Waals surface area contributed by atoms with E-state index in [-0.39, 0.29) is 23.7 Å². The molecule has 0 aromatic heterocycles. The molecule has 114 valence electrons. The first-order chi connectivity index (χ1) is 9.50. The third kappa shape index (κ3) is 5.61. The highest BCUT2D eigenvalue weighted by atomic mass is 32.2. The van der Waals surface area contributed by atoms with Crippen LogP contribution < -0.4 is 5.73 Å². The first-order valence-electron chi connectivity index (χ1n) is 7.12. The first kappa shape index (κ1) is 17.1. The molecule has 0 radical (unpaired) electrons. The van der Waals surface area contributed by atoms with Crippen molar-refractivity contribution in [2.45, 2.75) is 38.8 Å². The Morgan fingerprint density at radius 2 is 1.85 bits per heavy atom. The molecule has 1 aromatic carbocycles. The number of ether oxygens (including phenoxy) is 1. The second-order valence-corrected chi connectivity index (χ2v) is 7.30. The molecule has 4 nitrogen and oxygen atoms in total. The number of nitrogens with two attached hydrogens (primary N) is 1. The topological polar surface area (TPSA) is 69.4 Å². The second-order valence-electron chi connectivity index (χ2n) is 4.83. The van der Waals surface area contributed by atoms with Crippen LogP contribution in [0.4, 0.5) is 0 Å². The predicted octanol–water partition coefficient (Wildman–Crippen LogP) is 2.31. The van der Waals surface area contributed by atoms with Crippen LogP contribution in [0.3, 0.4) is 0 Å². The molecule has 0 fully saturated rings. The van der Waals surface area contributed by atoms with Gasteiger partial charge in [-0.3, -0.25) is 0 Å². The van der Waals surface area contributed by atoms with Gasteiger partial charge in [-0.25, -0.2) is 8.42 Å². The van der Waals surface area contributed by atoms with Gasteiger partial charge >= 0.3 is 0 Å². The number of rotatable bonds is 9. The van der Waals surface area contributed by atoms with Gasteiger partial charge in [-0.1, -0.05) is 37.3 Å². The molecule has 1 aromatic rings. The minimum absolute atomic E-state index is 0.175. The van der Waals surface area contributed by atoms with Crippen LogP contribution >= 0.6 is 0 Å². The molecular formula is C15H25NO3S. The van der Waals surface area contributed by atoms with Gasteiger partial charge in [0.1, 0.15) is 9.84 Å². The van der Waals surface area contributed by atoms with Crippen LogP contribution in [0.2, 0.25) is 0 Å². The molecule has 2 atom stereocenters. The van der Waals surface area contributed by atoms with Gasteiger partial charge in [-0.15, -0.1) is 0 Å². The fourth-order valence-electron chi connectivity index (χ4n) is 2.12. The largest absolute Gasteiger partial charge is 0.372 e. The summed E-state index contributed by atoms with van der Waals surface area (Å²) in [4.78, 5) is 0. The van der Waals surface area contributed by atoms with Crippen LogP contribution in [-0.4, -0.2) is 32.6 Å². The molecule has 0 spiro atoms. The van der Waals surface area contributed by atoms with Gasteiger partial charge in [0, 0.05) is 18.4 Å². The average molecular weight is 299 g/mol. The summed E-state index contributed by atoms with van der Waals surface area (Å²) in [6.45, 7) is 4.19. The smallest absolute Gasteiger partial charge is 0.150 e. The zero-order valence-electron chi connectivity index (χ0n) is 12.3. The van der Waals surface area contributed by atoms with Crippen LogP contribution in [0.25, 0.3) is 0 Å². The lowest BCUT2D eigenvalue weighted by Gasteiger charge is -2.24. The van der Waals surface area contributed by atoms with E-state index in [9.17, 15) is 8.42 Å². The Morgan fingerprint density at radius 3 is 2.40 bits per heavy atom. The minimum Gasteiger partial charge on any atom is -0.372 e. The van der Waals surface area contributed by atoms with Crippen LogP contribution in [0.15, 0.2) is 30.3 Å². The van der Waals surface area contributed by atoms with E-state index >= 15 is 0 Å². The van der Waals surface area contributed by atoms with Gasteiger partial charge in [0.2, 0.25) is 0 Å². The summed E-state index contributed by atoms with van der Waals surface area (Å²) in [5.41, 5.74) is 7.23. The molecule has 0 aliphatic rings. The summed E-state index contributed by atoms with van der Waals surface area (Å²) < 4.78 is 28.7. The maximum Gasteiger partial charge on any atom is 0.150 e. The summed E-state index contributed by atoms with van der Waals surface area (Å²) >= 11 is 0. The molecule has 0 aliphatic carbocycles. The van der Waals surface area contributed by atoms with Gasteiger partial charge in [0.05, 0.1) is 11.9 Å². The Balaban J connectivity index is 2.59. The van der Waals surface area contributed by atoms with Crippen molar-refractivity contribution >= 4 is 9.84 Å². The van der Waals surface area contributed by atoms with Crippen molar-refractivity contribution in [2.75, 3.05) is 18.1 Å². The van der Waals surface area contributed by atoms with E-state index in [0.717, 1.165) is 5.56 Å². The van der Waals surface area contributed by atoms with Crippen LogP contribution in [0.5, 0.6) is 0 Å². The molecule has 0 saturated carbocycles. The van der Waals surface area contributed by atoms with Crippen molar-refractivity contribution in [3.05, 3.63) is 35.9 Å². The number of sulfone groups is 1. The van der Waals surface area contributed by atoms with Crippen molar-refractivity contribution in [3.8, 4) is 0 Å². The molecule has 20 heavy (non-hydrogen) atoms. The maximum absolute atomic E-state index is 11.5. The molecule has 2 N–H and O–H groups in total. The lowest BCUT2D eigenvalue weighted by atomic mass is 9.99. The molecule has 0 heterocycles. The van der Waals surface area contributed by atoms with Gasteiger partial charge in [-0.2, -0.15) is 0 Å². The molecule has 0 amide bonds. The van der Waals surface area contributed by atoms with E-state index in [1.807, 2.05) is 37.3 Å². The Labute approximate surface area is 122 Å². The quantitative estimate of drug-likeness (QED) is 0.759. The Hall–Kier alpha value is -0.910. The molecule has 5 heteroatoms. The lowest BCUT2D eigenvalue weighted by Crippen LogP contribution is -2.31. The monoisotopic (exact) mass is 299 g/mol. The van der Waals surface area contributed by atoms with E-state index in [2.05, 4.69) is 0 Å². The fourth-order valence-corrected chi connectivity index (χ4v) is 3.02. The number of hydrogen-bond donors (Lipinski definition) is 1. The number of hydrogen-bond acceptors (Lipinski definition) is 4. The van der Waals surface area contributed by atoms with Crippen LogP contribution in [-0.2, 0) is 14.6 Å². The summed E-state index contributed by atoms with van der Waals surface area (Å²) in [6, 6.07) is 9.65. The van der Waals surface area contributed by atoms with Crippen molar-refractivity contribution in [3.63, 3.8) is 0 Å². The van der Waals surface area contributed by atoms with E-state index in [1.54, 1.807) is 6.92 Å². The molecule has 0 saturated heterocycles. The van der Waals surface area contributed by atoms with Gasteiger partial charge in [-0.05, 0) is 25.3 Å². The van der Waals surface area contributed by atoms with Crippen molar-refractivity contribution < 1.29 is 13.2 Å². The average Bonchev–Trinajstić information content (AvgIpc) is 2.45. The minimum atomic E-state index is -2.91. The Bertz CT molecular complexity index is 473. The first-order valence-corrected chi connectivity index (χ1v) is 8.94. The standard InChI is InChI=1S/C15H25NO3S/c1-3-19-15(13-9-6-5-7-10-13)14(16)11-8-12-20(17,18)4-2/h5-7,9-10,14-15H,3-4,8,11-12,16H2,1-2H3. The number of benzene rings is 1. The van der Waals surface area contributed by atoms with Crippen LogP contribution in [0, 0.1) is 0 Å². The summed E-state index contributed by atoms with van der Waals surface area (Å²) in [7, 11) is -2.91. The molecule has 0 aliphatic heterocycles. The van der Waals surface area contributed by atoms with Gasteiger partial charge in [0.15, 0.2) is 0 Å². The third-order valence-electron chi connectivity index (χ3n) is 3.30. The summed E-state index contributed by atoms with van der Waals surface area (Å²) in [6.07, 6.45) is 1.04. The highest BCUT2D eigenvalue weighted by Crippen LogP contribution is 2.22. The lowest BCUT2D eigenvalue weighted by molar-refractivity contribution is 0.0411. The third-order valence-corrected chi connectivity index (χ3v) is 5.09. The normalized spacial score (nSPS) is 14.9. The maximum atomic E-state index is 11.5. The SMILES string of the molecule is CCOC(c1ccccc1)C(N)CCCS(=O)(=O)CC. The van der Waals surface area contributed by atoms with E-state index in [1.165, 1.54) is 0 Å². The van der Waals surface area contributed by atoms with Crippen molar-refractivity contribution in [2.24, 2.45) is 5.73 Å². The Morgan fingerprint density at radius 1 is 1.20 bits per heavy atom. The highest BCUT2D eigenvalue weighted by molar-refractivity contribution is 7.91.